The number of amides is 1. The van der Waals surface area contributed by atoms with Crippen molar-refractivity contribution < 1.29 is 14.3 Å². The summed E-state index contributed by atoms with van der Waals surface area (Å²) in [7, 11) is 1.33. The van der Waals surface area contributed by atoms with Crippen LogP contribution in [0.2, 0.25) is 0 Å². The van der Waals surface area contributed by atoms with Crippen LogP contribution in [0.1, 0.15) is 36.0 Å². The molecule has 0 saturated heterocycles. The monoisotopic (exact) mass is 309 g/mol. The average molecular weight is 309 g/mol. The fraction of sp³-hybridized carbons (Fsp3) is 0.286. The predicted molar refractivity (Wildman–Crippen MR) is 82.1 cm³/mol. The highest BCUT2D eigenvalue weighted by atomic mass is 32.1. The number of nitrogens with one attached hydrogen (secondary N) is 1. The Balaban J connectivity index is 2.28. The van der Waals surface area contributed by atoms with Gasteiger partial charge in [-0.3, -0.25) is 4.79 Å². The van der Waals surface area contributed by atoms with Gasteiger partial charge in [-0.15, -0.1) is 22.7 Å². The molecule has 0 bridgehead atoms. The number of hydrogen-bond acceptors (Lipinski definition) is 5. The van der Waals surface area contributed by atoms with E-state index in [1.165, 1.54) is 18.4 Å². The molecule has 0 aromatic carbocycles. The first kappa shape index (κ1) is 14.7. The molecule has 2 aromatic heterocycles. The van der Waals surface area contributed by atoms with Gasteiger partial charge in [0.15, 0.2) is 0 Å². The van der Waals surface area contributed by atoms with Crippen LogP contribution in [-0.2, 0) is 4.74 Å². The molecule has 20 heavy (non-hydrogen) atoms. The topological polar surface area (TPSA) is 55.4 Å². The maximum Gasteiger partial charge on any atom is 0.340 e. The zero-order chi connectivity index (χ0) is 14.9. The van der Waals surface area contributed by atoms with Crippen LogP contribution in [0.25, 0.3) is 0 Å². The molecule has 2 heterocycles. The van der Waals surface area contributed by atoms with E-state index in [4.69, 9.17) is 4.74 Å². The van der Waals surface area contributed by atoms with Crippen molar-refractivity contribution in [1.82, 2.24) is 0 Å². The average Bonchev–Trinajstić information content (AvgIpc) is 2.93. The van der Waals surface area contributed by atoms with Gasteiger partial charge in [0.2, 0.25) is 0 Å². The van der Waals surface area contributed by atoms with Crippen molar-refractivity contribution in [3.8, 4) is 0 Å². The van der Waals surface area contributed by atoms with Crippen LogP contribution in [0.3, 0.4) is 0 Å². The quantitative estimate of drug-likeness (QED) is 0.878. The summed E-state index contributed by atoms with van der Waals surface area (Å²) in [5.41, 5.74) is 2.02. The number of esters is 1. The molecule has 4 nitrogen and oxygen atoms in total. The molecule has 0 aliphatic heterocycles. The Hall–Kier alpha value is -1.66. The number of anilines is 1. The molecule has 0 saturated carbocycles. The molecule has 0 aliphatic carbocycles. The molecule has 2 aromatic rings. The third-order valence-electron chi connectivity index (χ3n) is 3.02. The van der Waals surface area contributed by atoms with Crippen molar-refractivity contribution in [3.05, 3.63) is 37.9 Å². The molecular weight excluding hydrogens is 294 g/mol. The van der Waals surface area contributed by atoms with E-state index in [9.17, 15) is 9.59 Å². The molecule has 0 fully saturated rings. The Morgan fingerprint density at radius 3 is 2.45 bits per heavy atom. The van der Waals surface area contributed by atoms with Crippen molar-refractivity contribution in [2.24, 2.45) is 0 Å². The maximum absolute atomic E-state index is 12.3. The summed E-state index contributed by atoms with van der Waals surface area (Å²) in [5, 5.41) is 5.16. The molecule has 0 unspecified atom stereocenters. The van der Waals surface area contributed by atoms with E-state index < -0.39 is 5.97 Å². The van der Waals surface area contributed by atoms with Gasteiger partial charge in [0, 0.05) is 15.1 Å². The van der Waals surface area contributed by atoms with Crippen LogP contribution < -0.4 is 5.32 Å². The zero-order valence-corrected chi connectivity index (χ0v) is 13.3. The number of ether oxygens (including phenoxy) is 1. The number of rotatable bonds is 3. The number of thiophene rings is 2. The van der Waals surface area contributed by atoms with E-state index in [1.54, 1.807) is 17.4 Å². The van der Waals surface area contributed by atoms with Crippen LogP contribution in [0.4, 0.5) is 5.00 Å². The van der Waals surface area contributed by atoms with Gasteiger partial charge in [0.1, 0.15) is 5.00 Å². The fourth-order valence-electron chi connectivity index (χ4n) is 1.78. The van der Waals surface area contributed by atoms with Crippen molar-refractivity contribution in [1.29, 1.82) is 0 Å². The molecule has 0 aliphatic rings. The molecule has 0 radical (unpaired) electrons. The second kappa shape index (κ2) is 5.76. The van der Waals surface area contributed by atoms with E-state index in [-0.39, 0.29) is 5.91 Å². The Labute approximate surface area is 125 Å². The molecule has 1 amide bonds. The zero-order valence-electron chi connectivity index (χ0n) is 11.7. The highest BCUT2D eigenvalue weighted by Crippen LogP contribution is 2.29. The fourth-order valence-corrected chi connectivity index (χ4v) is 3.54. The SMILES string of the molecule is COC(=O)c1cc(C)sc1NC(=O)c1csc(C)c1C. The van der Waals surface area contributed by atoms with Gasteiger partial charge < -0.3 is 10.1 Å². The highest BCUT2D eigenvalue weighted by molar-refractivity contribution is 7.16. The van der Waals surface area contributed by atoms with Crippen LogP contribution >= 0.6 is 22.7 Å². The summed E-state index contributed by atoms with van der Waals surface area (Å²) >= 11 is 2.91. The third-order valence-corrected chi connectivity index (χ3v) is 5.00. The van der Waals surface area contributed by atoms with Gasteiger partial charge in [-0.1, -0.05) is 0 Å². The lowest BCUT2D eigenvalue weighted by Crippen LogP contribution is -2.14. The largest absolute Gasteiger partial charge is 0.465 e. The molecule has 0 atom stereocenters. The minimum absolute atomic E-state index is 0.196. The molecule has 2 rings (SSSR count). The molecule has 6 heteroatoms. The van der Waals surface area contributed by atoms with Gasteiger partial charge >= 0.3 is 5.97 Å². The second-order valence-corrected chi connectivity index (χ2v) is 6.72. The lowest BCUT2D eigenvalue weighted by atomic mass is 10.1. The first-order valence-corrected chi connectivity index (χ1v) is 7.68. The Morgan fingerprint density at radius 2 is 1.90 bits per heavy atom. The summed E-state index contributed by atoms with van der Waals surface area (Å²) in [6, 6.07) is 1.72. The summed E-state index contributed by atoms with van der Waals surface area (Å²) in [6.45, 7) is 5.78. The third kappa shape index (κ3) is 2.76. The number of methoxy groups -OCH3 is 1. The van der Waals surface area contributed by atoms with Gasteiger partial charge in [-0.2, -0.15) is 0 Å². The normalized spacial score (nSPS) is 10.4. The van der Waals surface area contributed by atoms with Crippen molar-refractivity contribution in [2.75, 3.05) is 12.4 Å². The number of hydrogen-bond donors (Lipinski definition) is 1. The van der Waals surface area contributed by atoms with Gasteiger partial charge in [0.25, 0.3) is 5.91 Å². The Kier molecular flexibility index (Phi) is 4.25. The molecule has 0 spiro atoms. The maximum atomic E-state index is 12.3. The van der Waals surface area contributed by atoms with Gasteiger partial charge in [0.05, 0.1) is 18.2 Å². The molecule has 1 N–H and O–H groups in total. The first-order chi connectivity index (χ1) is 9.43. The van der Waals surface area contributed by atoms with Gasteiger partial charge in [-0.05, 0) is 32.4 Å². The minimum atomic E-state index is -0.442. The summed E-state index contributed by atoms with van der Waals surface area (Å²) < 4.78 is 4.72. The minimum Gasteiger partial charge on any atom is -0.465 e. The van der Waals surface area contributed by atoms with Gasteiger partial charge in [-0.25, -0.2) is 4.79 Å². The van der Waals surface area contributed by atoms with Crippen LogP contribution in [0.5, 0.6) is 0 Å². The van der Waals surface area contributed by atoms with E-state index in [2.05, 4.69) is 5.32 Å². The van der Waals surface area contributed by atoms with Crippen LogP contribution in [-0.4, -0.2) is 19.0 Å². The van der Waals surface area contributed by atoms with E-state index >= 15 is 0 Å². The predicted octanol–water partition coefficient (Wildman–Crippen LogP) is 3.77. The summed E-state index contributed by atoms with van der Waals surface area (Å²) in [4.78, 5) is 26.0. The van der Waals surface area contributed by atoms with Crippen molar-refractivity contribution in [3.63, 3.8) is 0 Å². The first-order valence-electron chi connectivity index (χ1n) is 5.98. The van der Waals surface area contributed by atoms with Crippen molar-refractivity contribution >= 4 is 39.6 Å². The smallest absolute Gasteiger partial charge is 0.340 e. The van der Waals surface area contributed by atoms with Crippen LogP contribution in [0.15, 0.2) is 11.4 Å². The Bertz CT molecular complexity index is 670. The highest BCUT2D eigenvalue weighted by Gasteiger charge is 2.19. The molecular formula is C14H15NO3S2. The lowest BCUT2D eigenvalue weighted by molar-refractivity contribution is 0.0602. The number of carbonyl (C=O) groups excluding carboxylic acids is 2. The number of aryl methyl sites for hydroxylation is 2. The molecule has 106 valence electrons. The van der Waals surface area contributed by atoms with E-state index in [0.29, 0.717) is 16.1 Å². The second-order valence-electron chi connectivity index (χ2n) is 4.38. The summed E-state index contributed by atoms with van der Waals surface area (Å²) in [5.74, 6) is -0.637. The van der Waals surface area contributed by atoms with Crippen LogP contribution in [0, 0.1) is 20.8 Å². The standard InChI is InChI=1S/C14H15NO3S2/c1-7-5-10(14(17)18-4)13(20-7)15-12(16)11-6-19-9(3)8(11)2/h5-6H,1-4H3,(H,15,16). The van der Waals surface area contributed by atoms with E-state index in [0.717, 1.165) is 15.3 Å². The summed E-state index contributed by atoms with van der Waals surface area (Å²) in [6.07, 6.45) is 0. The van der Waals surface area contributed by atoms with Crippen molar-refractivity contribution in [2.45, 2.75) is 20.8 Å². The lowest BCUT2D eigenvalue weighted by Gasteiger charge is -2.05. The van der Waals surface area contributed by atoms with E-state index in [1.807, 2.05) is 26.2 Å². The number of carbonyl (C=O) groups is 2. The Morgan fingerprint density at radius 1 is 1.20 bits per heavy atom.